The molecule has 3 rings (SSSR count). The van der Waals surface area contributed by atoms with Gasteiger partial charge < -0.3 is 10.2 Å². The number of rotatable bonds is 3. The van der Waals surface area contributed by atoms with Gasteiger partial charge in [-0.15, -0.1) is 0 Å². The molecule has 0 radical (unpaired) electrons. The number of allylic oxidation sites excluding steroid dienone is 1. The van der Waals surface area contributed by atoms with Crippen molar-refractivity contribution >= 4 is 17.5 Å². The van der Waals surface area contributed by atoms with Crippen LogP contribution in [-0.4, -0.2) is 23.9 Å². The van der Waals surface area contributed by atoms with E-state index in [4.69, 9.17) is 0 Å². The zero-order chi connectivity index (χ0) is 15.0. The third-order valence-electron chi connectivity index (χ3n) is 4.42. The first-order valence-electron chi connectivity index (χ1n) is 7.42. The molecule has 1 aliphatic carbocycles. The molecule has 1 N–H and O–H groups in total. The number of nitrogens with zero attached hydrogens (tertiary/aromatic N) is 1. The summed E-state index contributed by atoms with van der Waals surface area (Å²) in [7, 11) is 0. The number of fused-ring (bicyclic) bond motifs is 1. The van der Waals surface area contributed by atoms with Crippen LogP contribution in [0, 0.1) is 5.92 Å². The van der Waals surface area contributed by atoms with Crippen LogP contribution >= 0.6 is 0 Å². The molecule has 1 unspecified atom stereocenters. The van der Waals surface area contributed by atoms with Gasteiger partial charge in [-0.25, -0.2) is 0 Å². The van der Waals surface area contributed by atoms with Crippen molar-refractivity contribution in [2.24, 2.45) is 5.92 Å². The minimum absolute atomic E-state index is 0.0126. The SMILES string of the molecule is C/C=C/CN1C(=O)C(C)(C2CC2)NC(=O)c2ccccc21. The largest absolute Gasteiger partial charge is 0.338 e. The quantitative estimate of drug-likeness (QED) is 0.867. The Morgan fingerprint density at radius 1 is 1.33 bits per heavy atom. The number of nitrogens with one attached hydrogen (secondary N) is 1. The van der Waals surface area contributed by atoms with E-state index in [0.29, 0.717) is 17.8 Å². The summed E-state index contributed by atoms with van der Waals surface area (Å²) >= 11 is 0. The second kappa shape index (κ2) is 5.02. The normalized spacial score (nSPS) is 25.7. The molecular formula is C17H20N2O2. The Hall–Kier alpha value is -2.10. The van der Waals surface area contributed by atoms with Gasteiger partial charge in [0.1, 0.15) is 5.54 Å². The van der Waals surface area contributed by atoms with E-state index in [0.717, 1.165) is 12.8 Å². The van der Waals surface area contributed by atoms with Gasteiger partial charge in [0.05, 0.1) is 11.3 Å². The fraction of sp³-hybridized carbons (Fsp3) is 0.412. The first-order chi connectivity index (χ1) is 10.1. The van der Waals surface area contributed by atoms with E-state index in [-0.39, 0.29) is 17.7 Å². The maximum absolute atomic E-state index is 13.0. The maximum atomic E-state index is 13.0. The van der Waals surface area contributed by atoms with Crippen LogP contribution < -0.4 is 10.2 Å². The van der Waals surface area contributed by atoms with Gasteiger partial charge in [0.25, 0.3) is 11.8 Å². The van der Waals surface area contributed by atoms with E-state index in [1.54, 1.807) is 11.0 Å². The van der Waals surface area contributed by atoms with Crippen LogP contribution in [0.2, 0.25) is 0 Å². The lowest BCUT2D eigenvalue weighted by Gasteiger charge is -2.32. The van der Waals surface area contributed by atoms with Crippen LogP contribution in [0.25, 0.3) is 0 Å². The van der Waals surface area contributed by atoms with Gasteiger partial charge in [0.15, 0.2) is 0 Å². The van der Waals surface area contributed by atoms with Gasteiger partial charge >= 0.3 is 0 Å². The number of amides is 2. The molecule has 0 aromatic heterocycles. The maximum Gasteiger partial charge on any atom is 0.254 e. The highest BCUT2D eigenvalue weighted by atomic mass is 16.2. The number of benzene rings is 1. The zero-order valence-electron chi connectivity index (χ0n) is 12.4. The Balaban J connectivity index is 2.10. The van der Waals surface area contributed by atoms with Crippen LogP contribution in [0.15, 0.2) is 36.4 Å². The molecule has 110 valence electrons. The fourth-order valence-electron chi connectivity index (χ4n) is 2.98. The molecule has 1 heterocycles. The molecule has 1 saturated carbocycles. The van der Waals surface area contributed by atoms with E-state index in [1.165, 1.54) is 0 Å². The van der Waals surface area contributed by atoms with Crippen molar-refractivity contribution in [1.29, 1.82) is 0 Å². The van der Waals surface area contributed by atoms with Crippen LogP contribution in [0.3, 0.4) is 0 Å². The third-order valence-corrected chi connectivity index (χ3v) is 4.42. The summed E-state index contributed by atoms with van der Waals surface area (Å²) in [5.41, 5.74) is 0.472. The number of carbonyl (C=O) groups is 2. The fourth-order valence-corrected chi connectivity index (χ4v) is 2.98. The molecule has 1 fully saturated rings. The minimum Gasteiger partial charge on any atom is -0.338 e. The Labute approximate surface area is 124 Å². The molecular weight excluding hydrogens is 264 g/mol. The summed E-state index contributed by atoms with van der Waals surface area (Å²) in [6.45, 7) is 4.28. The lowest BCUT2D eigenvalue weighted by Crippen LogP contribution is -2.57. The topological polar surface area (TPSA) is 49.4 Å². The number of carbonyl (C=O) groups excluding carboxylic acids is 2. The van der Waals surface area contributed by atoms with E-state index >= 15 is 0 Å². The van der Waals surface area contributed by atoms with Crippen LogP contribution in [-0.2, 0) is 4.79 Å². The van der Waals surface area contributed by atoms with Crippen LogP contribution in [0.5, 0.6) is 0 Å². The Kier molecular flexibility index (Phi) is 3.32. The summed E-state index contributed by atoms with van der Waals surface area (Å²) in [5.74, 6) is 0.0779. The molecule has 21 heavy (non-hydrogen) atoms. The first-order valence-corrected chi connectivity index (χ1v) is 7.42. The van der Waals surface area contributed by atoms with E-state index in [2.05, 4.69) is 5.32 Å². The summed E-state index contributed by atoms with van der Waals surface area (Å²) in [6.07, 6.45) is 5.86. The van der Waals surface area contributed by atoms with Crippen molar-refractivity contribution in [3.05, 3.63) is 42.0 Å². The van der Waals surface area contributed by atoms with Crippen molar-refractivity contribution in [2.45, 2.75) is 32.2 Å². The number of anilines is 1. The summed E-state index contributed by atoms with van der Waals surface area (Å²) < 4.78 is 0. The van der Waals surface area contributed by atoms with E-state index < -0.39 is 5.54 Å². The highest BCUT2D eigenvalue weighted by Gasteiger charge is 2.51. The average Bonchev–Trinajstić information content (AvgIpc) is 3.32. The summed E-state index contributed by atoms with van der Waals surface area (Å²) in [4.78, 5) is 27.3. The molecule has 1 aromatic carbocycles. The standard InChI is InChI=1S/C17H20N2O2/c1-3-4-11-19-14-8-6-5-7-13(14)15(20)18-17(2,16(19)21)12-9-10-12/h3-8,12H,9-11H2,1-2H3,(H,18,20)/b4-3+. The molecule has 4 heteroatoms. The van der Waals surface area contributed by atoms with Gasteiger partial charge in [0.2, 0.25) is 0 Å². The predicted octanol–water partition coefficient (Wildman–Crippen LogP) is 2.51. The lowest BCUT2D eigenvalue weighted by molar-refractivity contribution is -0.124. The van der Waals surface area contributed by atoms with Crippen LogP contribution in [0.1, 0.15) is 37.0 Å². The molecule has 1 aromatic rings. The molecule has 2 amide bonds. The Morgan fingerprint density at radius 3 is 2.71 bits per heavy atom. The lowest BCUT2D eigenvalue weighted by atomic mass is 9.94. The smallest absolute Gasteiger partial charge is 0.254 e. The number of hydrogen-bond acceptors (Lipinski definition) is 2. The highest BCUT2D eigenvalue weighted by Crippen LogP contribution is 2.42. The van der Waals surface area contributed by atoms with Gasteiger partial charge in [-0.1, -0.05) is 24.3 Å². The Morgan fingerprint density at radius 2 is 2.05 bits per heavy atom. The average molecular weight is 284 g/mol. The van der Waals surface area contributed by atoms with Crippen molar-refractivity contribution in [2.75, 3.05) is 11.4 Å². The summed E-state index contributed by atoms with van der Waals surface area (Å²) in [6, 6.07) is 7.31. The van der Waals surface area contributed by atoms with Gasteiger partial charge in [-0.2, -0.15) is 0 Å². The Bertz CT molecular complexity index is 619. The molecule has 4 nitrogen and oxygen atoms in total. The molecule has 0 saturated heterocycles. The first kappa shape index (κ1) is 13.9. The van der Waals surface area contributed by atoms with Crippen molar-refractivity contribution in [3.8, 4) is 0 Å². The summed E-state index contributed by atoms with van der Waals surface area (Å²) in [5, 5.41) is 2.98. The second-order valence-electron chi connectivity index (χ2n) is 5.93. The zero-order valence-corrected chi connectivity index (χ0v) is 12.4. The van der Waals surface area contributed by atoms with Crippen molar-refractivity contribution in [3.63, 3.8) is 0 Å². The van der Waals surface area contributed by atoms with E-state index in [1.807, 2.05) is 44.2 Å². The minimum atomic E-state index is -0.794. The van der Waals surface area contributed by atoms with E-state index in [9.17, 15) is 9.59 Å². The molecule has 0 spiro atoms. The number of para-hydroxylation sites is 1. The monoisotopic (exact) mass is 284 g/mol. The van der Waals surface area contributed by atoms with Gasteiger partial charge in [0, 0.05) is 6.54 Å². The molecule has 0 bridgehead atoms. The van der Waals surface area contributed by atoms with Gasteiger partial charge in [-0.05, 0) is 44.7 Å². The predicted molar refractivity (Wildman–Crippen MR) is 82.2 cm³/mol. The molecule has 1 aliphatic heterocycles. The van der Waals surface area contributed by atoms with Crippen molar-refractivity contribution in [1.82, 2.24) is 5.32 Å². The third kappa shape index (κ3) is 2.24. The highest BCUT2D eigenvalue weighted by molar-refractivity contribution is 6.13. The second-order valence-corrected chi connectivity index (χ2v) is 5.93. The number of hydrogen-bond donors (Lipinski definition) is 1. The molecule has 1 atom stereocenters. The van der Waals surface area contributed by atoms with Gasteiger partial charge in [-0.3, -0.25) is 9.59 Å². The molecule has 2 aliphatic rings. The van der Waals surface area contributed by atoms with Crippen LogP contribution in [0.4, 0.5) is 5.69 Å². The van der Waals surface area contributed by atoms with Crippen molar-refractivity contribution < 1.29 is 9.59 Å².